The highest BCUT2D eigenvalue weighted by Gasteiger charge is 2.25. The van der Waals surface area contributed by atoms with E-state index >= 15 is 0 Å². The van der Waals surface area contributed by atoms with Crippen LogP contribution in [0.15, 0.2) is 42.6 Å². The monoisotopic (exact) mass is 396 g/mol. The van der Waals surface area contributed by atoms with E-state index in [4.69, 9.17) is 4.74 Å². The third-order valence-corrected chi connectivity index (χ3v) is 5.54. The Hall–Kier alpha value is -2.89. The molecule has 1 aliphatic heterocycles. The molecule has 2 aromatic rings. The number of nitrogens with zero attached hydrogens (tertiary/aromatic N) is 2. The number of amides is 1. The summed E-state index contributed by atoms with van der Waals surface area (Å²) >= 11 is 0. The van der Waals surface area contributed by atoms with Crippen LogP contribution in [0.4, 0.5) is 0 Å². The molecule has 0 saturated carbocycles. The number of aromatic nitrogens is 1. The van der Waals surface area contributed by atoms with E-state index in [9.17, 15) is 14.7 Å². The number of hydrogen-bond acceptors (Lipinski definition) is 4. The molecule has 1 aliphatic rings. The van der Waals surface area contributed by atoms with Crippen molar-refractivity contribution >= 4 is 11.9 Å². The van der Waals surface area contributed by atoms with Crippen LogP contribution in [0.25, 0.3) is 0 Å². The highest BCUT2D eigenvalue weighted by molar-refractivity contribution is 5.94. The van der Waals surface area contributed by atoms with Crippen LogP contribution < -0.4 is 4.74 Å². The molecule has 1 aromatic carbocycles. The van der Waals surface area contributed by atoms with Gasteiger partial charge in [0.1, 0.15) is 0 Å². The average molecular weight is 396 g/mol. The Morgan fingerprint density at radius 2 is 1.97 bits per heavy atom. The summed E-state index contributed by atoms with van der Waals surface area (Å²) in [6, 6.07) is 10.6. The van der Waals surface area contributed by atoms with Crippen molar-refractivity contribution in [3.8, 4) is 5.88 Å². The second-order valence-corrected chi connectivity index (χ2v) is 7.62. The Morgan fingerprint density at radius 3 is 2.66 bits per heavy atom. The molecule has 154 valence electrons. The molecule has 1 unspecified atom stereocenters. The third kappa shape index (κ3) is 5.34. The van der Waals surface area contributed by atoms with E-state index in [1.54, 1.807) is 30.5 Å². The van der Waals surface area contributed by atoms with Gasteiger partial charge in [-0.3, -0.25) is 4.79 Å². The van der Waals surface area contributed by atoms with Gasteiger partial charge in [0.25, 0.3) is 5.91 Å². The van der Waals surface area contributed by atoms with Crippen molar-refractivity contribution in [3.63, 3.8) is 0 Å². The predicted molar refractivity (Wildman–Crippen MR) is 110 cm³/mol. The number of likely N-dealkylation sites (tertiary alicyclic amines) is 1. The smallest absolute Gasteiger partial charge is 0.335 e. The molecule has 1 fully saturated rings. The van der Waals surface area contributed by atoms with Crippen molar-refractivity contribution in [3.05, 3.63) is 59.3 Å². The quantitative estimate of drug-likeness (QED) is 0.764. The van der Waals surface area contributed by atoms with Crippen molar-refractivity contribution in [1.29, 1.82) is 0 Å². The molecule has 2 heterocycles. The standard InChI is InChI=1S/C23H28N2O4/c1-3-16(2)29-21-15-19(8-11-24-21)22(26)25-12-9-17(10-13-25)14-18-6-4-5-7-20(18)23(27)28/h4-8,11,15-17H,3,9-10,12-14H2,1-2H3,(H,27,28). The highest BCUT2D eigenvalue weighted by Crippen LogP contribution is 2.25. The minimum atomic E-state index is -0.888. The molecule has 1 amide bonds. The van der Waals surface area contributed by atoms with Crippen molar-refractivity contribution in [1.82, 2.24) is 9.88 Å². The number of carbonyl (C=O) groups excluding carboxylic acids is 1. The Bertz CT molecular complexity index is 859. The van der Waals surface area contributed by atoms with Crippen LogP contribution in [-0.2, 0) is 6.42 Å². The minimum absolute atomic E-state index is 0.00853. The Labute approximate surface area is 171 Å². The van der Waals surface area contributed by atoms with Crippen molar-refractivity contribution in [2.24, 2.45) is 5.92 Å². The number of hydrogen-bond donors (Lipinski definition) is 1. The maximum Gasteiger partial charge on any atom is 0.335 e. The summed E-state index contributed by atoms with van der Waals surface area (Å²) < 4.78 is 5.73. The maximum atomic E-state index is 12.9. The van der Waals surface area contributed by atoms with Crippen LogP contribution in [0.1, 0.15) is 59.4 Å². The second kappa shape index (κ2) is 9.54. The summed E-state index contributed by atoms with van der Waals surface area (Å²) in [7, 11) is 0. The van der Waals surface area contributed by atoms with Gasteiger partial charge in [0.05, 0.1) is 11.7 Å². The lowest BCUT2D eigenvalue weighted by Crippen LogP contribution is -2.39. The first kappa shape index (κ1) is 20.8. The molecule has 1 N–H and O–H groups in total. The van der Waals surface area contributed by atoms with Crippen molar-refractivity contribution < 1.29 is 19.4 Å². The molecule has 0 bridgehead atoms. The molecule has 1 saturated heterocycles. The topological polar surface area (TPSA) is 79.7 Å². The molecule has 0 aliphatic carbocycles. The molecule has 0 radical (unpaired) electrons. The van der Waals surface area contributed by atoms with Crippen LogP contribution in [-0.4, -0.2) is 46.1 Å². The molecule has 0 spiro atoms. The zero-order valence-corrected chi connectivity index (χ0v) is 17.0. The van der Waals surface area contributed by atoms with E-state index < -0.39 is 5.97 Å². The summed E-state index contributed by atoms with van der Waals surface area (Å²) in [6.45, 7) is 5.35. The maximum absolute atomic E-state index is 12.9. The van der Waals surface area contributed by atoms with Gasteiger partial charge in [0.2, 0.25) is 5.88 Å². The normalized spacial score (nSPS) is 15.7. The summed E-state index contributed by atoms with van der Waals surface area (Å²) in [6.07, 6.45) is 4.99. The fourth-order valence-corrected chi connectivity index (χ4v) is 3.64. The molecular weight excluding hydrogens is 368 g/mol. The van der Waals surface area contributed by atoms with Gasteiger partial charge in [-0.15, -0.1) is 0 Å². The van der Waals surface area contributed by atoms with Gasteiger partial charge in [-0.2, -0.15) is 0 Å². The van der Waals surface area contributed by atoms with Gasteiger partial charge < -0.3 is 14.7 Å². The van der Waals surface area contributed by atoms with Gasteiger partial charge in [-0.1, -0.05) is 25.1 Å². The molecule has 6 nitrogen and oxygen atoms in total. The number of piperidine rings is 1. The van der Waals surface area contributed by atoms with Crippen LogP contribution in [0.2, 0.25) is 0 Å². The Morgan fingerprint density at radius 1 is 1.24 bits per heavy atom. The van der Waals surface area contributed by atoms with Crippen LogP contribution in [0, 0.1) is 5.92 Å². The number of carboxylic acids is 1. The van der Waals surface area contributed by atoms with Gasteiger partial charge in [0.15, 0.2) is 0 Å². The van der Waals surface area contributed by atoms with E-state index in [2.05, 4.69) is 4.98 Å². The zero-order chi connectivity index (χ0) is 20.8. The Kier molecular flexibility index (Phi) is 6.86. The number of ether oxygens (including phenoxy) is 1. The van der Waals surface area contributed by atoms with Gasteiger partial charge in [0, 0.05) is 30.9 Å². The summed E-state index contributed by atoms with van der Waals surface area (Å²) in [5.41, 5.74) is 1.83. The number of rotatable bonds is 7. The van der Waals surface area contributed by atoms with Crippen molar-refractivity contribution in [2.45, 2.75) is 45.6 Å². The first-order valence-electron chi connectivity index (χ1n) is 10.2. The van der Waals surface area contributed by atoms with E-state index in [0.29, 0.717) is 36.0 Å². The molecule has 1 aromatic heterocycles. The minimum Gasteiger partial charge on any atom is -0.478 e. The molecular formula is C23H28N2O4. The van der Waals surface area contributed by atoms with Crippen LogP contribution >= 0.6 is 0 Å². The zero-order valence-electron chi connectivity index (χ0n) is 17.0. The van der Waals surface area contributed by atoms with E-state index in [1.807, 2.05) is 30.9 Å². The number of aromatic carboxylic acids is 1. The van der Waals surface area contributed by atoms with Gasteiger partial charge in [-0.25, -0.2) is 9.78 Å². The number of carbonyl (C=O) groups is 2. The van der Waals surface area contributed by atoms with Gasteiger partial charge >= 0.3 is 5.97 Å². The summed E-state index contributed by atoms with van der Waals surface area (Å²) in [4.78, 5) is 30.3. The second-order valence-electron chi connectivity index (χ2n) is 7.62. The van der Waals surface area contributed by atoms with E-state index in [0.717, 1.165) is 31.2 Å². The van der Waals surface area contributed by atoms with Gasteiger partial charge in [-0.05, 0) is 56.2 Å². The third-order valence-electron chi connectivity index (χ3n) is 5.54. The lowest BCUT2D eigenvalue weighted by molar-refractivity contribution is 0.0689. The van der Waals surface area contributed by atoms with Crippen LogP contribution in [0.3, 0.4) is 0 Å². The number of pyridine rings is 1. The molecule has 1 atom stereocenters. The first-order chi connectivity index (χ1) is 14.0. The first-order valence-corrected chi connectivity index (χ1v) is 10.2. The van der Waals surface area contributed by atoms with Crippen molar-refractivity contribution in [2.75, 3.05) is 13.1 Å². The van der Waals surface area contributed by atoms with E-state index in [-0.39, 0.29) is 12.0 Å². The number of carboxylic acid groups (broad SMARTS) is 1. The molecule has 29 heavy (non-hydrogen) atoms. The lowest BCUT2D eigenvalue weighted by atomic mass is 9.88. The Balaban J connectivity index is 1.59. The summed E-state index contributed by atoms with van der Waals surface area (Å²) in [5, 5.41) is 9.36. The average Bonchev–Trinajstić information content (AvgIpc) is 2.74. The predicted octanol–water partition coefficient (Wildman–Crippen LogP) is 4.05. The SMILES string of the molecule is CCC(C)Oc1cc(C(=O)N2CCC(Cc3ccccc3C(=O)O)CC2)ccn1. The molecule has 3 rings (SSSR count). The lowest BCUT2D eigenvalue weighted by Gasteiger charge is -2.32. The highest BCUT2D eigenvalue weighted by atomic mass is 16.5. The van der Waals surface area contributed by atoms with E-state index in [1.165, 1.54) is 0 Å². The fourth-order valence-electron chi connectivity index (χ4n) is 3.64. The number of benzene rings is 1. The summed E-state index contributed by atoms with van der Waals surface area (Å²) in [5.74, 6) is -0.0428. The van der Waals surface area contributed by atoms with Crippen LogP contribution in [0.5, 0.6) is 5.88 Å². The fraction of sp³-hybridized carbons (Fsp3) is 0.435. The largest absolute Gasteiger partial charge is 0.478 e. The molecule has 6 heteroatoms.